The van der Waals surface area contributed by atoms with Crippen LogP contribution in [0.2, 0.25) is 0 Å². The minimum Gasteiger partial charge on any atom is -0.508 e. The summed E-state index contributed by atoms with van der Waals surface area (Å²) in [5, 5.41) is 21.8. The summed E-state index contributed by atoms with van der Waals surface area (Å²) in [6.45, 7) is 4.34. The summed E-state index contributed by atoms with van der Waals surface area (Å²) in [6, 6.07) is 7.85. The molecule has 0 spiro atoms. The number of fused-ring (bicyclic) bond motifs is 1. The minimum absolute atomic E-state index is 0.0802. The molecule has 1 amide bonds. The standard InChI is InChI=1S/C18H19N3O3/c1-10-8-20-17(14-5-3-12(22)7-15(10)14)18(24)21-11(2)16-6-4-13(23)9-19-16/h3-7,9-11,22-23H,8H2,1-2H3,(H,21,24)/t10?,11-/m1/s1. The van der Waals surface area contributed by atoms with Crippen molar-refractivity contribution in [2.75, 3.05) is 6.54 Å². The second-order valence-corrected chi connectivity index (χ2v) is 6.00. The monoisotopic (exact) mass is 325 g/mol. The fraction of sp³-hybridized carbons (Fsp3) is 0.278. The maximum Gasteiger partial charge on any atom is 0.270 e. The van der Waals surface area contributed by atoms with Gasteiger partial charge in [-0.25, -0.2) is 0 Å². The average Bonchev–Trinajstić information content (AvgIpc) is 2.56. The molecule has 3 rings (SSSR count). The van der Waals surface area contributed by atoms with Crippen molar-refractivity contribution in [3.8, 4) is 11.5 Å². The van der Waals surface area contributed by atoms with Crippen LogP contribution >= 0.6 is 0 Å². The number of nitrogens with zero attached hydrogens (tertiary/aromatic N) is 2. The molecule has 1 aliphatic rings. The number of hydrogen-bond acceptors (Lipinski definition) is 5. The summed E-state index contributed by atoms with van der Waals surface area (Å²) in [5.74, 6) is 0.136. The first-order valence-corrected chi connectivity index (χ1v) is 7.79. The SMILES string of the molecule is CC1CN=C(C(=O)N[C@H](C)c2ccc(O)cn2)c2ccc(O)cc21. The van der Waals surface area contributed by atoms with Crippen LogP contribution in [-0.4, -0.2) is 33.4 Å². The van der Waals surface area contributed by atoms with Crippen molar-refractivity contribution in [2.24, 2.45) is 4.99 Å². The molecule has 0 fully saturated rings. The third-order valence-electron chi connectivity index (χ3n) is 4.12. The quantitative estimate of drug-likeness (QED) is 0.807. The molecule has 24 heavy (non-hydrogen) atoms. The van der Waals surface area contributed by atoms with Crippen LogP contribution in [0.15, 0.2) is 41.5 Å². The van der Waals surface area contributed by atoms with Gasteiger partial charge in [-0.1, -0.05) is 6.92 Å². The fourth-order valence-electron chi connectivity index (χ4n) is 2.77. The van der Waals surface area contributed by atoms with Crippen LogP contribution in [0.4, 0.5) is 0 Å². The van der Waals surface area contributed by atoms with E-state index >= 15 is 0 Å². The maximum atomic E-state index is 12.6. The number of rotatable bonds is 3. The number of aromatic hydroxyl groups is 2. The van der Waals surface area contributed by atoms with E-state index in [0.717, 1.165) is 11.1 Å². The lowest BCUT2D eigenvalue weighted by Gasteiger charge is -2.23. The van der Waals surface area contributed by atoms with Crippen molar-refractivity contribution >= 4 is 11.6 Å². The zero-order valence-corrected chi connectivity index (χ0v) is 13.5. The Morgan fingerprint density at radius 2 is 2.00 bits per heavy atom. The molecule has 3 N–H and O–H groups in total. The van der Waals surface area contributed by atoms with Crippen molar-refractivity contribution in [3.63, 3.8) is 0 Å². The molecule has 6 nitrogen and oxygen atoms in total. The van der Waals surface area contributed by atoms with Gasteiger partial charge in [0.05, 0.1) is 17.9 Å². The van der Waals surface area contributed by atoms with E-state index in [4.69, 9.17) is 0 Å². The van der Waals surface area contributed by atoms with E-state index in [9.17, 15) is 15.0 Å². The predicted octanol–water partition coefficient (Wildman–Crippen LogP) is 2.28. The molecular weight excluding hydrogens is 306 g/mol. The average molecular weight is 325 g/mol. The van der Waals surface area contributed by atoms with Gasteiger partial charge >= 0.3 is 0 Å². The first kappa shape index (κ1) is 16.0. The molecule has 124 valence electrons. The smallest absolute Gasteiger partial charge is 0.270 e. The molecule has 0 saturated carbocycles. The van der Waals surface area contributed by atoms with Gasteiger partial charge in [-0.15, -0.1) is 0 Å². The molecule has 1 aromatic carbocycles. The van der Waals surface area contributed by atoms with Gasteiger partial charge in [-0.2, -0.15) is 0 Å². The summed E-state index contributed by atoms with van der Waals surface area (Å²) in [7, 11) is 0. The molecule has 0 saturated heterocycles. The molecule has 1 aromatic heterocycles. The second kappa shape index (κ2) is 6.31. The zero-order valence-electron chi connectivity index (χ0n) is 13.5. The Balaban J connectivity index is 1.82. The van der Waals surface area contributed by atoms with Gasteiger partial charge in [0.15, 0.2) is 0 Å². The number of carbonyl (C=O) groups excluding carboxylic acids is 1. The number of phenolic OH excluding ortho intramolecular Hbond substituents is 1. The summed E-state index contributed by atoms with van der Waals surface area (Å²) in [4.78, 5) is 21.1. The molecule has 2 atom stereocenters. The van der Waals surface area contributed by atoms with Gasteiger partial charge < -0.3 is 15.5 Å². The van der Waals surface area contributed by atoms with Crippen molar-refractivity contribution in [1.29, 1.82) is 0 Å². The zero-order chi connectivity index (χ0) is 17.3. The number of benzene rings is 1. The number of pyridine rings is 1. The largest absolute Gasteiger partial charge is 0.508 e. The molecule has 2 heterocycles. The number of hydrogen-bond donors (Lipinski definition) is 3. The normalized spacial score (nSPS) is 17.6. The van der Waals surface area contributed by atoms with E-state index in [-0.39, 0.29) is 29.4 Å². The highest BCUT2D eigenvalue weighted by atomic mass is 16.3. The number of aliphatic imine (C=N–C) groups is 1. The van der Waals surface area contributed by atoms with Crippen LogP contribution in [0.3, 0.4) is 0 Å². The van der Waals surface area contributed by atoms with Crippen LogP contribution in [-0.2, 0) is 4.79 Å². The molecule has 0 aliphatic carbocycles. The third kappa shape index (κ3) is 3.08. The van der Waals surface area contributed by atoms with Gasteiger partial charge in [-0.3, -0.25) is 14.8 Å². The first-order valence-electron chi connectivity index (χ1n) is 7.79. The highest BCUT2D eigenvalue weighted by molar-refractivity contribution is 6.46. The Bertz CT molecular complexity index is 800. The first-order chi connectivity index (χ1) is 11.5. The number of nitrogens with one attached hydrogen (secondary N) is 1. The highest BCUT2D eigenvalue weighted by Gasteiger charge is 2.25. The summed E-state index contributed by atoms with van der Waals surface area (Å²) >= 11 is 0. The highest BCUT2D eigenvalue weighted by Crippen LogP contribution is 2.29. The van der Waals surface area contributed by atoms with Crippen molar-refractivity contribution in [2.45, 2.75) is 25.8 Å². The molecule has 0 radical (unpaired) electrons. The van der Waals surface area contributed by atoms with Gasteiger partial charge in [0.2, 0.25) is 0 Å². The molecule has 0 bridgehead atoms. The van der Waals surface area contributed by atoms with Crippen molar-refractivity contribution in [1.82, 2.24) is 10.3 Å². The lowest BCUT2D eigenvalue weighted by atomic mass is 9.89. The lowest BCUT2D eigenvalue weighted by Crippen LogP contribution is -2.36. The summed E-state index contributed by atoms with van der Waals surface area (Å²) in [5.41, 5.74) is 2.69. The second-order valence-electron chi connectivity index (χ2n) is 6.00. The Kier molecular flexibility index (Phi) is 4.20. The molecule has 1 unspecified atom stereocenters. The van der Waals surface area contributed by atoms with Gasteiger partial charge in [0.1, 0.15) is 17.2 Å². The maximum absolute atomic E-state index is 12.6. The van der Waals surface area contributed by atoms with Gasteiger partial charge in [0, 0.05) is 18.0 Å². The Labute approximate surface area is 139 Å². The van der Waals surface area contributed by atoms with Gasteiger partial charge in [-0.05, 0) is 42.8 Å². The lowest BCUT2D eigenvalue weighted by molar-refractivity contribution is -0.115. The Morgan fingerprint density at radius 1 is 1.25 bits per heavy atom. The van der Waals surface area contributed by atoms with Crippen LogP contribution in [0.25, 0.3) is 0 Å². The fourth-order valence-corrected chi connectivity index (χ4v) is 2.77. The topological polar surface area (TPSA) is 94.8 Å². The van der Waals surface area contributed by atoms with Crippen molar-refractivity contribution in [3.05, 3.63) is 53.3 Å². The third-order valence-corrected chi connectivity index (χ3v) is 4.12. The molecular formula is C18H19N3O3. The number of amides is 1. The van der Waals surface area contributed by atoms with E-state index in [1.54, 1.807) is 24.3 Å². The van der Waals surface area contributed by atoms with E-state index in [1.165, 1.54) is 12.3 Å². The van der Waals surface area contributed by atoms with E-state index in [0.29, 0.717) is 18.0 Å². The molecule has 1 aliphatic heterocycles. The van der Waals surface area contributed by atoms with Crippen LogP contribution in [0.1, 0.15) is 42.6 Å². The molecule has 6 heteroatoms. The van der Waals surface area contributed by atoms with Crippen LogP contribution < -0.4 is 5.32 Å². The number of aromatic nitrogens is 1. The number of carbonyl (C=O) groups is 1. The van der Waals surface area contributed by atoms with Crippen molar-refractivity contribution < 1.29 is 15.0 Å². The minimum atomic E-state index is -0.319. The van der Waals surface area contributed by atoms with E-state index < -0.39 is 0 Å². The Morgan fingerprint density at radius 3 is 2.71 bits per heavy atom. The van der Waals surface area contributed by atoms with E-state index in [2.05, 4.69) is 15.3 Å². The Hall–Kier alpha value is -2.89. The van der Waals surface area contributed by atoms with Gasteiger partial charge in [0.25, 0.3) is 5.91 Å². The van der Waals surface area contributed by atoms with Crippen LogP contribution in [0.5, 0.6) is 11.5 Å². The molecule has 2 aromatic rings. The summed E-state index contributed by atoms with van der Waals surface area (Å²) in [6.07, 6.45) is 1.34. The predicted molar refractivity (Wildman–Crippen MR) is 90.4 cm³/mol. The summed E-state index contributed by atoms with van der Waals surface area (Å²) < 4.78 is 0. The number of phenols is 1. The van der Waals surface area contributed by atoms with Crippen LogP contribution in [0, 0.1) is 0 Å². The van der Waals surface area contributed by atoms with E-state index in [1.807, 2.05) is 13.8 Å².